The van der Waals surface area contributed by atoms with Crippen LogP contribution in [-0.2, 0) is 16.9 Å². The van der Waals surface area contributed by atoms with Crippen LogP contribution in [0.3, 0.4) is 0 Å². The van der Waals surface area contributed by atoms with Crippen LogP contribution in [0, 0.1) is 10.1 Å². The van der Waals surface area contributed by atoms with Crippen molar-refractivity contribution in [1.82, 2.24) is 0 Å². The number of nitrogens with zero attached hydrogens (tertiary/aromatic N) is 1. The molecule has 0 aliphatic heterocycles. The number of ether oxygens (including phenoxy) is 1. The average molecular weight is 317 g/mol. The molecule has 0 aliphatic rings. The van der Waals surface area contributed by atoms with Gasteiger partial charge in [-0.05, 0) is 34.9 Å². The molecule has 0 saturated carbocycles. The predicted molar refractivity (Wildman–Crippen MR) is 87.0 cm³/mol. The van der Waals surface area contributed by atoms with Crippen molar-refractivity contribution in [2.45, 2.75) is 5.75 Å². The summed E-state index contributed by atoms with van der Waals surface area (Å²) in [5.74, 6) is 1.14. The molecule has 1 atom stereocenters. The minimum atomic E-state index is -1.19. The van der Waals surface area contributed by atoms with Crippen LogP contribution in [0.2, 0.25) is 0 Å². The van der Waals surface area contributed by atoms with Gasteiger partial charge in [0.1, 0.15) is 16.9 Å². The Bertz CT molecular complexity index is 670. The van der Waals surface area contributed by atoms with Crippen molar-refractivity contribution in [1.29, 1.82) is 0 Å². The van der Waals surface area contributed by atoms with Gasteiger partial charge in [-0.15, -0.1) is 0 Å². The lowest BCUT2D eigenvalue weighted by atomic mass is 10.2. The number of nitro groups is 1. The summed E-state index contributed by atoms with van der Waals surface area (Å²) in [6.45, 7) is 0. The van der Waals surface area contributed by atoms with Crippen molar-refractivity contribution in [3.8, 4) is 5.75 Å². The minimum Gasteiger partial charge on any atom is -0.612 e. The lowest BCUT2D eigenvalue weighted by Crippen LogP contribution is -2.00. The standard InChI is InChI=1S/C16H15NO4S/c1-21-16-7-5-14(6-8-16)12-22(20)10-9-13-3-2-4-15(11-13)17(18)19/h2-11H,12H2,1H3. The van der Waals surface area contributed by atoms with E-state index in [4.69, 9.17) is 4.74 Å². The molecule has 5 nitrogen and oxygen atoms in total. The zero-order valence-electron chi connectivity index (χ0n) is 12.0. The molecule has 0 aliphatic carbocycles. The highest BCUT2D eigenvalue weighted by atomic mass is 32.2. The summed E-state index contributed by atoms with van der Waals surface area (Å²) in [7, 11) is 1.59. The summed E-state index contributed by atoms with van der Waals surface area (Å²) in [5.41, 5.74) is 1.60. The highest BCUT2D eigenvalue weighted by Gasteiger charge is 2.06. The Labute approximate surface area is 131 Å². The summed E-state index contributed by atoms with van der Waals surface area (Å²) in [4.78, 5) is 10.2. The molecule has 2 aromatic rings. The first-order valence-electron chi connectivity index (χ1n) is 6.51. The number of hydrogen-bond donors (Lipinski definition) is 0. The summed E-state index contributed by atoms with van der Waals surface area (Å²) in [6.07, 6.45) is 1.63. The Kier molecular flexibility index (Phi) is 5.57. The van der Waals surface area contributed by atoms with E-state index in [9.17, 15) is 14.7 Å². The molecule has 0 saturated heterocycles. The van der Waals surface area contributed by atoms with Gasteiger partial charge in [0.25, 0.3) is 5.69 Å². The Balaban J connectivity index is 1.99. The number of non-ortho nitro benzene ring substituents is 1. The van der Waals surface area contributed by atoms with E-state index in [1.807, 2.05) is 24.3 Å². The second-order valence-electron chi connectivity index (χ2n) is 4.53. The van der Waals surface area contributed by atoms with Crippen molar-refractivity contribution in [3.05, 3.63) is 75.2 Å². The van der Waals surface area contributed by atoms with Crippen LogP contribution in [0.15, 0.2) is 53.9 Å². The predicted octanol–water partition coefficient (Wildman–Crippen LogP) is 3.52. The maximum absolute atomic E-state index is 12.0. The molecule has 114 valence electrons. The summed E-state index contributed by atoms with van der Waals surface area (Å²) >= 11 is -1.19. The minimum absolute atomic E-state index is 0.0167. The first-order valence-corrected chi connectivity index (χ1v) is 7.89. The molecule has 0 heterocycles. The Hall–Kier alpha value is -2.31. The first kappa shape index (κ1) is 16.1. The van der Waals surface area contributed by atoms with Crippen LogP contribution in [0.25, 0.3) is 6.08 Å². The number of nitro benzene ring substituents is 1. The molecule has 0 aromatic heterocycles. The summed E-state index contributed by atoms with van der Waals surface area (Å²) < 4.78 is 17.1. The molecule has 22 heavy (non-hydrogen) atoms. The van der Waals surface area contributed by atoms with Gasteiger partial charge in [-0.2, -0.15) is 0 Å². The van der Waals surface area contributed by atoms with Crippen LogP contribution in [0.4, 0.5) is 5.69 Å². The molecule has 0 bridgehead atoms. The van der Waals surface area contributed by atoms with Gasteiger partial charge in [-0.1, -0.05) is 24.3 Å². The monoisotopic (exact) mass is 317 g/mol. The fraction of sp³-hybridized carbons (Fsp3) is 0.125. The van der Waals surface area contributed by atoms with E-state index in [0.29, 0.717) is 11.3 Å². The van der Waals surface area contributed by atoms with Crippen LogP contribution in [0.5, 0.6) is 5.75 Å². The van der Waals surface area contributed by atoms with Crippen molar-refractivity contribution >= 4 is 22.9 Å². The van der Waals surface area contributed by atoms with Gasteiger partial charge in [0.2, 0.25) is 0 Å². The maximum Gasteiger partial charge on any atom is 0.270 e. The van der Waals surface area contributed by atoms with Gasteiger partial charge >= 0.3 is 0 Å². The fourth-order valence-electron chi connectivity index (χ4n) is 1.83. The highest BCUT2D eigenvalue weighted by molar-refractivity contribution is 7.93. The van der Waals surface area contributed by atoms with Crippen LogP contribution in [-0.4, -0.2) is 16.6 Å². The van der Waals surface area contributed by atoms with Gasteiger partial charge < -0.3 is 9.29 Å². The number of rotatable bonds is 6. The molecular formula is C16H15NO4S. The van der Waals surface area contributed by atoms with Gasteiger partial charge in [0.05, 0.1) is 12.0 Å². The largest absolute Gasteiger partial charge is 0.612 e. The van der Waals surface area contributed by atoms with Gasteiger partial charge in [0, 0.05) is 17.7 Å². The van der Waals surface area contributed by atoms with Crippen LogP contribution < -0.4 is 4.74 Å². The van der Waals surface area contributed by atoms with Gasteiger partial charge in [0.15, 0.2) is 0 Å². The first-order chi connectivity index (χ1) is 10.6. The number of methoxy groups -OCH3 is 1. The molecule has 0 spiro atoms. The Morgan fingerprint density at radius 1 is 1.23 bits per heavy atom. The molecule has 2 rings (SSSR count). The molecule has 0 fully saturated rings. The van der Waals surface area contributed by atoms with E-state index < -0.39 is 16.1 Å². The molecule has 2 aromatic carbocycles. The topological polar surface area (TPSA) is 75.4 Å². The maximum atomic E-state index is 12.0. The van der Waals surface area contributed by atoms with E-state index in [0.717, 1.165) is 11.3 Å². The Morgan fingerprint density at radius 3 is 2.59 bits per heavy atom. The van der Waals surface area contributed by atoms with Crippen molar-refractivity contribution in [3.63, 3.8) is 0 Å². The molecule has 0 N–H and O–H groups in total. The van der Waals surface area contributed by atoms with Gasteiger partial charge in [-0.25, -0.2) is 0 Å². The SMILES string of the molecule is COc1ccc(C[S+]([O-])C=Cc2cccc([N+](=O)[O-])c2)cc1. The van der Waals surface area contributed by atoms with E-state index in [2.05, 4.69) is 0 Å². The van der Waals surface area contributed by atoms with E-state index >= 15 is 0 Å². The van der Waals surface area contributed by atoms with Crippen LogP contribution >= 0.6 is 0 Å². The van der Waals surface area contributed by atoms with Crippen molar-refractivity contribution in [2.24, 2.45) is 0 Å². The third kappa shape index (κ3) is 4.61. The highest BCUT2D eigenvalue weighted by Crippen LogP contribution is 2.17. The molecule has 0 amide bonds. The summed E-state index contributed by atoms with van der Waals surface area (Å²) in [5, 5.41) is 12.2. The van der Waals surface area contributed by atoms with Crippen molar-refractivity contribution < 1.29 is 14.2 Å². The van der Waals surface area contributed by atoms with E-state index in [-0.39, 0.29) is 5.69 Å². The molecule has 1 unspecified atom stereocenters. The third-order valence-electron chi connectivity index (χ3n) is 2.96. The van der Waals surface area contributed by atoms with Crippen LogP contribution in [0.1, 0.15) is 11.1 Å². The second-order valence-corrected chi connectivity index (χ2v) is 5.85. The Morgan fingerprint density at radius 2 is 1.95 bits per heavy atom. The van der Waals surface area contributed by atoms with Crippen molar-refractivity contribution in [2.75, 3.05) is 7.11 Å². The smallest absolute Gasteiger partial charge is 0.270 e. The molecular weight excluding hydrogens is 302 g/mol. The quantitative estimate of drug-likeness (QED) is 0.464. The zero-order valence-corrected chi connectivity index (χ0v) is 12.8. The van der Waals surface area contributed by atoms with E-state index in [1.54, 1.807) is 30.7 Å². The molecule has 6 heteroatoms. The average Bonchev–Trinajstić information content (AvgIpc) is 2.54. The normalized spacial score (nSPS) is 12.3. The lowest BCUT2D eigenvalue weighted by molar-refractivity contribution is -0.384. The fourth-order valence-corrected chi connectivity index (χ4v) is 2.76. The zero-order chi connectivity index (χ0) is 15.9. The second kappa shape index (κ2) is 7.63. The summed E-state index contributed by atoms with van der Waals surface area (Å²) in [6, 6.07) is 13.6. The third-order valence-corrected chi connectivity index (χ3v) is 4.02. The molecule has 0 radical (unpaired) electrons. The van der Waals surface area contributed by atoms with Gasteiger partial charge in [-0.3, -0.25) is 10.1 Å². The number of benzene rings is 2. The van der Waals surface area contributed by atoms with E-state index in [1.165, 1.54) is 12.1 Å². The number of hydrogen-bond acceptors (Lipinski definition) is 4. The lowest BCUT2D eigenvalue weighted by Gasteiger charge is -2.06.